The van der Waals surface area contributed by atoms with Gasteiger partial charge in [0.05, 0.1) is 18.7 Å². The number of rotatable bonds is 8. The van der Waals surface area contributed by atoms with Gasteiger partial charge in [-0.25, -0.2) is 4.79 Å². The van der Waals surface area contributed by atoms with E-state index in [1.54, 1.807) is 0 Å². The number of benzene rings is 1. The summed E-state index contributed by atoms with van der Waals surface area (Å²) in [7, 11) is 1.46. The number of halogens is 1. The molecule has 1 saturated carbocycles. The van der Waals surface area contributed by atoms with Crippen LogP contribution in [-0.4, -0.2) is 36.7 Å². The number of carbonyl (C=O) groups is 2. The van der Waals surface area contributed by atoms with Crippen LogP contribution in [0.4, 0.5) is 0 Å². The van der Waals surface area contributed by atoms with Crippen LogP contribution in [0.1, 0.15) is 37.0 Å². The van der Waals surface area contributed by atoms with Gasteiger partial charge in [0, 0.05) is 5.56 Å². The Kier molecular flexibility index (Phi) is 5.94. The highest BCUT2D eigenvalue weighted by atomic mass is 35.5. The number of amides is 1. The zero-order valence-corrected chi connectivity index (χ0v) is 14.7. The lowest BCUT2D eigenvalue weighted by Gasteiger charge is -2.17. The molecular formula is C17H22ClNO5. The number of carboxylic acids is 1. The lowest BCUT2D eigenvalue weighted by atomic mass is 10.1. The molecule has 1 aliphatic rings. The third kappa shape index (κ3) is 4.54. The Morgan fingerprint density at radius 2 is 2.04 bits per heavy atom. The van der Waals surface area contributed by atoms with Crippen molar-refractivity contribution < 1.29 is 24.2 Å². The fraction of sp³-hybridized carbons (Fsp3) is 0.529. The molecule has 7 heteroatoms. The van der Waals surface area contributed by atoms with Crippen LogP contribution < -0.4 is 14.8 Å². The SMILES string of the molecule is COc1cc(C(=O)NC(C(=O)O)C2CC2)cc(Cl)c1OCC(C)C. The van der Waals surface area contributed by atoms with E-state index in [0.717, 1.165) is 12.8 Å². The molecule has 1 aromatic carbocycles. The molecule has 2 N–H and O–H groups in total. The summed E-state index contributed by atoms with van der Waals surface area (Å²) in [5.74, 6) is -0.500. The number of methoxy groups -OCH3 is 1. The zero-order chi connectivity index (χ0) is 17.9. The van der Waals surface area contributed by atoms with Crippen LogP contribution in [-0.2, 0) is 4.79 Å². The topological polar surface area (TPSA) is 84.9 Å². The number of carbonyl (C=O) groups excluding carboxylic acids is 1. The predicted molar refractivity (Wildman–Crippen MR) is 90.0 cm³/mol. The van der Waals surface area contributed by atoms with Gasteiger partial charge in [0.1, 0.15) is 6.04 Å². The third-order valence-electron chi connectivity index (χ3n) is 3.70. The Morgan fingerprint density at radius 1 is 1.38 bits per heavy atom. The molecule has 0 aromatic heterocycles. The van der Waals surface area contributed by atoms with E-state index in [2.05, 4.69) is 5.32 Å². The third-order valence-corrected chi connectivity index (χ3v) is 3.98. The molecule has 1 aromatic rings. The van der Waals surface area contributed by atoms with Crippen molar-refractivity contribution in [2.75, 3.05) is 13.7 Å². The van der Waals surface area contributed by atoms with E-state index in [9.17, 15) is 14.7 Å². The van der Waals surface area contributed by atoms with E-state index in [0.29, 0.717) is 24.0 Å². The second-order valence-corrected chi connectivity index (χ2v) is 6.73. The van der Waals surface area contributed by atoms with Crippen LogP contribution in [0.15, 0.2) is 12.1 Å². The Bertz CT molecular complexity index is 628. The minimum Gasteiger partial charge on any atom is -0.493 e. The largest absolute Gasteiger partial charge is 0.493 e. The Balaban J connectivity index is 2.19. The molecule has 1 aliphatic carbocycles. The molecule has 0 bridgehead atoms. The highest BCUT2D eigenvalue weighted by molar-refractivity contribution is 6.32. The van der Waals surface area contributed by atoms with Gasteiger partial charge in [-0.05, 0) is 36.8 Å². The molecule has 1 unspecified atom stereocenters. The van der Waals surface area contributed by atoms with Gasteiger partial charge in [-0.1, -0.05) is 25.4 Å². The van der Waals surface area contributed by atoms with E-state index in [1.165, 1.54) is 19.2 Å². The van der Waals surface area contributed by atoms with Crippen molar-refractivity contribution in [2.24, 2.45) is 11.8 Å². The molecule has 24 heavy (non-hydrogen) atoms. The normalized spacial score (nSPS) is 15.0. The predicted octanol–water partition coefficient (Wildman–Crippen LogP) is 2.98. The summed E-state index contributed by atoms with van der Waals surface area (Å²) in [6.45, 7) is 4.47. The standard InChI is InChI=1S/C17H22ClNO5/c1-9(2)8-24-15-12(18)6-11(7-13(15)23-3)16(20)19-14(17(21)22)10-4-5-10/h6-7,9-10,14H,4-5,8H2,1-3H3,(H,19,20)(H,21,22). The number of carboxylic acid groups (broad SMARTS) is 1. The van der Waals surface area contributed by atoms with Gasteiger partial charge in [-0.15, -0.1) is 0 Å². The Labute approximate surface area is 146 Å². The first-order valence-corrected chi connectivity index (χ1v) is 8.25. The summed E-state index contributed by atoms with van der Waals surface area (Å²) in [6.07, 6.45) is 1.62. The van der Waals surface area contributed by atoms with E-state index in [4.69, 9.17) is 21.1 Å². The second kappa shape index (κ2) is 7.75. The van der Waals surface area contributed by atoms with Gasteiger partial charge in [0.15, 0.2) is 11.5 Å². The lowest BCUT2D eigenvalue weighted by Crippen LogP contribution is -2.42. The second-order valence-electron chi connectivity index (χ2n) is 6.32. The van der Waals surface area contributed by atoms with Gasteiger partial charge in [0.25, 0.3) is 5.91 Å². The monoisotopic (exact) mass is 355 g/mol. The highest BCUT2D eigenvalue weighted by Gasteiger charge is 2.37. The number of ether oxygens (including phenoxy) is 2. The molecule has 132 valence electrons. The molecule has 1 atom stereocenters. The maximum absolute atomic E-state index is 12.4. The molecule has 0 heterocycles. The number of hydrogen-bond donors (Lipinski definition) is 2. The molecule has 6 nitrogen and oxygen atoms in total. The summed E-state index contributed by atoms with van der Waals surface area (Å²) in [4.78, 5) is 23.6. The van der Waals surface area contributed by atoms with Gasteiger partial charge >= 0.3 is 5.97 Å². The van der Waals surface area contributed by atoms with Crippen LogP contribution in [0.25, 0.3) is 0 Å². The number of nitrogens with one attached hydrogen (secondary N) is 1. The summed E-state index contributed by atoms with van der Waals surface area (Å²) in [5, 5.41) is 12.0. The highest BCUT2D eigenvalue weighted by Crippen LogP contribution is 2.37. The van der Waals surface area contributed by atoms with Gasteiger partial charge in [-0.2, -0.15) is 0 Å². The van der Waals surface area contributed by atoms with Crippen LogP contribution in [0.3, 0.4) is 0 Å². The molecule has 0 spiro atoms. The van der Waals surface area contributed by atoms with Crippen molar-refractivity contribution in [1.82, 2.24) is 5.32 Å². The van der Waals surface area contributed by atoms with Crippen LogP contribution in [0, 0.1) is 11.8 Å². The first-order valence-electron chi connectivity index (χ1n) is 7.87. The minimum atomic E-state index is -1.03. The number of aliphatic carboxylic acids is 1. The Morgan fingerprint density at radius 3 is 2.54 bits per heavy atom. The van der Waals surface area contributed by atoms with Crippen molar-refractivity contribution in [1.29, 1.82) is 0 Å². The minimum absolute atomic E-state index is 0.00235. The van der Waals surface area contributed by atoms with Crippen molar-refractivity contribution in [3.05, 3.63) is 22.7 Å². The summed E-state index contributed by atoms with van der Waals surface area (Å²) in [6, 6.07) is 2.09. The van der Waals surface area contributed by atoms with Crippen LogP contribution in [0.5, 0.6) is 11.5 Å². The van der Waals surface area contributed by atoms with E-state index < -0.39 is 17.9 Å². The average Bonchev–Trinajstić information content (AvgIpc) is 3.34. The molecule has 0 saturated heterocycles. The van der Waals surface area contributed by atoms with E-state index >= 15 is 0 Å². The van der Waals surface area contributed by atoms with Crippen LogP contribution in [0.2, 0.25) is 5.02 Å². The van der Waals surface area contributed by atoms with Crippen molar-refractivity contribution >= 4 is 23.5 Å². The quantitative estimate of drug-likeness (QED) is 0.748. The first-order chi connectivity index (χ1) is 11.3. The molecular weight excluding hydrogens is 334 g/mol. The maximum atomic E-state index is 12.4. The molecule has 1 amide bonds. The van der Waals surface area contributed by atoms with Gasteiger partial charge < -0.3 is 19.9 Å². The summed E-state index contributed by atoms with van der Waals surface area (Å²) in [5.41, 5.74) is 0.237. The summed E-state index contributed by atoms with van der Waals surface area (Å²) >= 11 is 6.21. The summed E-state index contributed by atoms with van der Waals surface area (Å²) < 4.78 is 10.9. The van der Waals surface area contributed by atoms with Crippen molar-refractivity contribution in [2.45, 2.75) is 32.7 Å². The van der Waals surface area contributed by atoms with Gasteiger partial charge in [-0.3, -0.25) is 4.79 Å². The first kappa shape index (κ1) is 18.4. The molecule has 2 rings (SSSR count). The fourth-order valence-corrected chi connectivity index (χ4v) is 2.54. The molecule has 0 aliphatic heterocycles. The zero-order valence-electron chi connectivity index (χ0n) is 14.0. The average molecular weight is 356 g/mol. The van der Waals surface area contributed by atoms with E-state index in [1.807, 2.05) is 13.8 Å². The lowest BCUT2D eigenvalue weighted by molar-refractivity contribution is -0.139. The maximum Gasteiger partial charge on any atom is 0.326 e. The van der Waals surface area contributed by atoms with E-state index in [-0.39, 0.29) is 16.5 Å². The van der Waals surface area contributed by atoms with Crippen molar-refractivity contribution in [3.8, 4) is 11.5 Å². The van der Waals surface area contributed by atoms with Crippen molar-refractivity contribution in [3.63, 3.8) is 0 Å². The fourth-order valence-electron chi connectivity index (χ4n) is 2.28. The molecule has 0 radical (unpaired) electrons. The smallest absolute Gasteiger partial charge is 0.326 e. The van der Waals surface area contributed by atoms with Gasteiger partial charge in [0.2, 0.25) is 0 Å². The number of hydrogen-bond acceptors (Lipinski definition) is 4. The Hall–Kier alpha value is -1.95. The molecule has 1 fully saturated rings. The van der Waals surface area contributed by atoms with Crippen LogP contribution >= 0.6 is 11.6 Å².